The molecular formula is C28H32O2S. The minimum Gasteiger partial charge on any atom is -0.377 e. The van der Waals surface area contributed by atoms with Crippen LogP contribution in [0.5, 0.6) is 0 Å². The largest absolute Gasteiger partial charge is 0.377 e. The van der Waals surface area contributed by atoms with E-state index < -0.39 is 5.60 Å². The monoisotopic (exact) mass is 432 g/mol. The van der Waals surface area contributed by atoms with E-state index in [0.717, 1.165) is 38.5 Å². The van der Waals surface area contributed by atoms with E-state index in [1.807, 2.05) is 13.0 Å². The lowest BCUT2D eigenvalue weighted by Gasteiger charge is -2.53. The number of carbonyl (C=O) groups excluding carboxylic acids is 1. The lowest BCUT2D eigenvalue weighted by molar-refractivity contribution is -0.114. The highest BCUT2D eigenvalue weighted by Gasteiger charge is 2.62. The average molecular weight is 433 g/mol. The van der Waals surface area contributed by atoms with E-state index in [-0.39, 0.29) is 17.1 Å². The van der Waals surface area contributed by atoms with Gasteiger partial charge in [0.15, 0.2) is 5.78 Å². The first-order chi connectivity index (χ1) is 14.9. The Balaban J connectivity index is 1.68. The van der Waals surface area contributed by atoms with Crippen molar-refractivity contribution in [3.05, 3.63) is 52.6 Å². The molecule has 0 heterocycles. The van der Waals surface area contributed by atoms with Crippen LogP contribution in [0.15, 0.2) is 52.0 Å². The molecule has 4 aliphatic carbocycles. The van der Waals surface area contributed by atoms with Gasteiger partial charge < -0.3 is 5.11 Å². The quantitative estimate of drug-likeness (QED) is 0.456. The van der Waals surface area contributed by atoms with Crippen molar-refractivity contribution in [2.75, 3.05) is 6.26 Å². The minimum absolute atomic E-state index is 0.209. The SMILES string of the molecule is CC#C[C@]1(O)CC[C@H]2[C@@H]3CCC4=CC(=O)CCC4=C3[C@@H](c3ccc(SC)cc3)C[C@@]21C. The third-order valence-electron chi connectivity index (χ3n) is 8.74. The van der Waals surface area contributed by atoms with Crippen molar-refractivity contribution in [3.63, 3.8) is 0 Å². The lowest BCUT2D eigenvalue weighted by atomic mass is 9.51. The molecule has 1 N–H and O–H groups in total. The van der Waals surface area contributed by atoms with Crippen LogP contribution in [0.2, 0.25) is 0 Å². The fraction of sp³-hybridized carbons (Fsp3) is 0.536. The Morgan fingerprint density at radius 3 is 2.61 bits per heavy atom. The molecule has 0 aliphatic heterocycles. The zero-order valence-electron chi connectivity index (χ0n) is 18.8. The summed E-state index contributed by atoms with van der Waals surface area (Å²) in [7, 11) is 0. The number of ketones is 1. The van der Waals surface area contributed by atoms with Crippen molar-refractivity contribution in [1.29, 1.82) is 0 Å². The molecular weight excluding hydrogens is 400 g/mol. The molecule has 5 rings (SSSR count). The van der Waals surface area contributed by atoms with E-state index in [1.54, 1.807) is 17.3 Å². The Labute approximate surface area is 190 Å². The van der Waals surface area contributed by atoms with Gasteiger partial charge in [-0.25, -0.2) is 0 Å². The second-order valence-corrected chi connectivity index (χ2v) is 10.9. The lowest BCUT2D eigenvalue weighted by Crippen LogP contribution is -2.51. The van der Waals surface area contributed by atoms with Crippen molar-refractivity contribution < 1.29 is 9.90 Å². The smallest absolute Gasteiger partial charge is 0.156 e. The molecule has 1 aromatic carbocycles. The first-order valence-corrected chi connectivity index (χ1v) is 12.9. The van der Waals surface area contributed by atoms with Gasteiger partial charge in [0.05, 0.1) is 0 Å². The maximum Gasteiger partial charge on any atom is 0.156 e. The normalized spacial score (nSPS) is 36.7. The van der Waals surface area contributed by atoms with E-state index in [2.05, 4.69) is 49.3 Å². The van der Waals surface area contributed by atoms with Gasteiger partial charge in [-0.3, -0.25) is 4.79 Å². The summed E-state index contributed by atoms with van der Waals surface area (Å²) in [6, 6.07) is 9.03. The molecule has 31 heavy (non-hydrogen) atoms. The number of hydrogen-bond donors (Lipinski definition) is 1. The highest BCUT2D eigenvalue weighted by atomic mass is 32.2. The third kappa shape index (κ3) is 3.18. The van der Waals surface area contributed by atoms with Gasteiger partial charge in [-0.05, 0) is 98.5 Å². The topological polar surface area (TPSA) is 37.3 Å². The zero-order chi connectivity index (χ0) is 21.8. The number of fused-ring (bicyclic) bond motifs is 4. The van der Waals surface area contributed by atoms with Crippen LogP contribution in [0, 0.1) is 29.1 Å². The minimum atomic E-state index is -0.904. The van der Waals surface area contributed by atoms with Gasteiger partial charge in [0.25, 0.3) is 0 Å². The molecule has 4 aliphatic rings. The van der Waals surface area contributed by atoms with Crippen molar-refractivity contribution in [3.8, 4) is 11.8 Å². The summed E-state index contributed by atoms with van der Waals surface area (Å²) in [5, 5.41) is 11.7. The fourth-order valence-corrected chi connectivity index (χ4v) is 7.62. The Hall–Kier alpha value is -1.76. The van der Waals surface area contributed by atoms with Crippen LogP contribution >= 0.6 is 11.8 Å². The van der Waals surface area contributed by atoms with Crippen LogP contribution in [0.25, 0.3) is 0 Å². The van der Waals surface area contributed by atoms with Crippen molar-refractivity contribution in [1.82, 2.24) is 0 Å². The Morgan fingerprint density at radius 2 is 1.90 bits per heavy atom. The molecule has 0 spiro atoms. The van der Waals surface area contributed by atoms with E-state index in [4.69, 9.17) is 0 Å². The Morgan fingerprint density at radius 1 is 1.13 bits per heavy atom. The number of benzene rings is 1. The number of rotatable bonds is 2. The molecule has 0 saturated heterocycles. The van der Waals surface area contributed by atoms with Crippen LogP contribution in [-0.4, -0.2) is 22.7 Å². The van der Waals surface area contributed by atoms with Crippen molar-refractivity contribution in [2.45, 2.75) is 75.2 Å². The predicted molar refractivity (Wildman–Crippen MR) is 127 cm³/mol. The summed E-state index contributed by atoms with van der Waals surface area (Å²) in [5.74, 6) is 7.79. The molecule has 0 aromatic heterocycles. The molecule has 1 aromatic rings. The molecule has 3 heteroatoms. The molecule has 0 radical (unpaired) electrons. The summed E-state index contributed by atoms with van der Waals surface area (Å²) in [6.45, 7) is 4.15. The van der Waals surface area contributed by atoms with E-state index >= 15 is 0 Å². The van der Waals surface area contributed by atoms with Crippen molar-refractivity contribution in [2.24, 2.45) is 17.3 Å². The fourth-order valence-electron chi connectivity index (χ4n) is 7.21. The number of allylic oxidation sites excluding steroid dienone is 4. The second-order valence-electron chi connectivity index (χ2n) is 10.0. The maximum absolute atomic E-state index is 12.1. The number of carbonyl (C=O) groups is 1. The van der Waals surface area contributed by atoms with Crippen LogP contribution in [0.1, 0.15) is 70.3 Å². The highest BCUT2D eigenvalue weighted by molar-refractivity contribution is 7.98. The third-order valence-corrected chi connectivity index (χ3v) is 9.48. The number of thioether (sulfide) groups is 1. The van der Waals surface area contributed by atoms with Gasteiger partial charge in [0, 0.05) is 22.6 Å². The van der Waals surface area contributed by atoms with Gasteiger partial charge in [0.1, 0.15) is 5.60 Å². The molecule has 5 atom stereocenters. The van der Waals surface area contributed by atoms with Crippen LogP contribution in [0.3, 0.4) is 0 Å². The molecule has 2 saturated carbocycles. The molecule has 162 valence electrons. The predicted octanol–water partition coefficient (Wildman–Crippen LogP) is 6.06. The van der Waals surface area contributed by atoms with Crippen LogP contribution < -0.4 is 0 Å². The molecule has 0 unspecified atom stereocenters. The maximum atomic E-state index is 12.1. The zero-order valence-corrected chi connectivity index (χ0v) is 19.6. The van der Waals surface area contributed by atoms with E-state index in [9.17, 15) is 9.90 Å². The van der Waals surface area contributed by atoms with E-state index in [1.165, 1.54) is 21.6 Å². The molecule has 0 bridgehead atoms. The van der Waals surface area contributed by atoms with Gasteiger partial charge >= 0.3 is 0 Å². The molecule has 2 fully saturated rings. The van der Waals surface area contributed by atoms with Gasteiger partial charge in [-0.15, -0.1) is 17.7 Å². The Bertz CT molecular complexity index is 1040. The first kappa shape index (κ1) is 21.1. The summed E-state index contributed by atoms with van der Waals surface area (Å²) >= 11 is 1.77. The molecule has 2 nitrogen and oxygen atoms in total. The van der Waals surface area contributed by atoms with Gasteiger partial charge in [-0.1, -0.05) is 30.6 Å². The van der Waals surface area contributed by atoms with Gasteiger partial charge in [0.2, 0.25) is 0 Å². The summed E-state index contributed by atoms with van der Waals surface area (Å²) in [5.41, 5.74) is 4.57. The van der Waals surface area contributed by atoms with Gasteiger partial charge in [-0.2, -0.15) is 0 Å². The summed E-state index contributed by atoms with van der Waals surface area (Å²) < 4.78 is 0. The van der Waals surface area contributed by atoms with Crippen LogP contribution in [0.4, 0.5) is 0 Å². The van der Waals surface area contributed by atoms with E-state index in [0.29, 0.717) is 18.3 Å². The second kappa shape index (κ2) is 7.68. The molecule has 0 amide bonds. The highest BCUT2D eigenvalue weighted by Crippen LogP contribution is 2.66. The summed E-state index contributed by atoms with van der Waals surface area (Å²) in [4.78, 5) is 13.4. The number of hydrogen-bond acceptors (Lipinski definition) is 3. The number of aliphatic hydroxyl groups is 1. The van der Waals surface area contributed by atoms with Crippen molar-refractivity contribution >= 4 is 17.5 Å². The first-order valence-electron chi connectivity index (χ1n) is 11.7. The average Bonchev–Trinajstić information content (AvgIpc) is 3.03. The Kier molecular flexibility index (Phi) is 5.23. The summed E-state index contributed by atoms with van der Waals surface area (Å²) in [6.07, 6.45) is 10.4. The van der Waals surface area contributed by atoms with Crippen LogP contribution in [-0.2, 0) is 4.79 Å². The standard InChI is InChI=1S/C28H32O2S/c1-4-14-28(30)15-13-25-23-11-7-19-16-20(29)8-12-22(19)26(23)24(17-27(25,28)2)18-5-9-21(31-3)10-6-18/h5-6,9-10,16,23-25,30H,7-8,11-13,15,17H2,1-3H3/t23-,24+,25-,27-,28-/m0/s1.